The van der Waals surface area contributed by atoms with Crippen LogP contribution in [0.2, 0.25) is 0 Å². The molecule has 160 valence electrons. The molecule has 0 saturated carbocycles. The van der Waals surface area contributed by atoms with E-state index in [0.29, 0.717) is 9.99 Å². The first-order valence-corrected chi connectivity index (χ1v) is 9.97. The van der Waals surface area contributed by atoms with E-state index in [1.165, 1.54) is 15.6 Å². The Hall–Kier alpha value is -1.84. The second kappa shape index (κ2) is 7.45. The zero-order valence-electron chi connectivity index (χ0n) is 16.3. The van der Waals surface area contributed by atoms with E-state index in [-0.39, 0.29) is 38.0 Å². The molecule has 2 aromatic rings. The highest BCUT2D eigenvalue weighted by Crippen LogP contribution is 2.35. The summed E-state index contributed by atoms with van der Waals surface area (Å²) < 4.78 is 61.5. The maximum atomic E-state index is 15.4. The summed E-state index contributed by atoms with van der Waals surface area (Å²) in [6, 6.07) is 3.28. The van der Waals surface area contributed by atoms with Crippen LogP contribution in [0.1, 0.15) is 39.2 Å². The third-order valence-corrected chi connectivity index (χ3v) is 5.36. The van der Waals surface area contributed by atoms with E-state index >= 15 is 4.39 Å². The predicted molar refractivity (Wildman–Crippen MR) is 103 cm³/mol. The summed E-state index contributed by atoms with van der Waals surface area (Å²) in [5, 5.41) is 4.66. The Bertz CT molecular complexity index is 913. The Morgan fingerprint density at radius 1 is 1.24 bits per heavy atom. The summed E-state index contributed by atoms with van der Waals surface area (Å²) >= 11 is 3.23. The van der Waals surface area contributed by atoms with Crippen LogP contribution in [0.5, 0.6) is 0 Å². The van der Waals surface area contributed by atoms with Crippen LogP contribution in [0, 0.1) is 0 Å². The SMILES string of the molecule is CC(C)(C)OC(=O)N1CCC(F)(Cn2nc(Br)c3ccc(C(F)(F)F)cc32)CC1. The van der Waals surface area contributed by atoms with Gasteiger partial charge in [0.2, 0.25) is 0 Å². The lowest BCUT2D eigenvalue weighted by Crippen LogP contribution is -2.47. The lowest BCUT2D eigenvalue weighted by atomic mass is 9.93. The Morgan fingerprint density at radius 3 is 2.41 bits per heavy atom. The van der Waals surface area contributed by atoms with E-state index in [9.17, 15) is 18.0 Å². The van der Waals surface area contributed by atoms with Gasteiger partial charge in [0, 0.05) is 31.3 Å². The number of carbonyl (C=O) groups excluding carboxylic acids is 1. The number of hydrogen-bond donors (Lipinski definition) is 0. The number of nitrogens with zero attached hydrogens (tertiary/aromatic N) is 3. The molecule has 1 aliphatic heterocycles. The molecule has 5 nitrogen and oxygen atoms in total. The third-order valence-electron chi connectivity index (χ3n) is 4.78. The fraction of sp³-hybridized carbons (Fsp3) is 0.579. The first kappa shape index (κ1) is 21.9. The molecule has 2 heterocycles. The highest BCUT2D eigenvalue weighted by atomic mass is 79.9. The van der Waals surface area contributed by atoms with Crippen LogP contribution in [-0.2, 0) is 17.5 Å². The summed E-state index contributed by atoms with van der Waals surface area (Å²) in [4.78, 5) is 13.6. The van der Waals surface area contributed by atoms with Crippen LogP contribution < -0.4 is 0 Å². The van der Waals surface area contributed by atoms with Gasteiger partial charge in [0.05, 0.1) is 17.6 Å². The number of halogens is 5. The van der Waals surface area contributed by atoms with E-state index < -0.39 is 29.1 Å². The molecule has 0 spiro atoms. The highest BCUT2D eigenvalue weighted by Gasteiger charge is 2.38. The van der Waals surface area contributed by atoms with Crippen LogP contribution in [0.3, 0.4) is 0 Å². The minimum atomic E-state index is -4.50. The number of piperidine rings is 1. The van der Waals surface area contributed by atoms with Crippen molar-refractivity contribution in [2.24, 2.45) is 0 Å². The lowest BCUT2D eigenvalue weighted by Gasteiger charge is -2.37. The molecule has 1 aromatic carbocycles. The number of carbonyl (C=O) groups is 1. The van der Waals surface area contributed by atoms with Crippen molar-refractivity contribution in [1.29, 1.82) is 0 Å². The molecule has 10 heteroatoms. The molecule has 3 rings (SSSR count). The van der Waals surface area contributed by atoms with E-state index in [4.69, 9.17) is 4.74 Å². The monoisotopic (exact) mass is 479 g/mol. The first-order valence-electron chi connectivity index (χ1n) is 9.18. The molecular weight excluding hydrogens is 458 g/mol. The van der Waals surface area contributed by atoms with Crippen molar-refractivity contribution >= 4 is 32.9 Å². The zero-order chi connectivity index (χ0) is 21.6. The van der Waals surface area contributed by atoms with Gasteiger partial charge in [0.25, 0.3) is 0 Å². The molecule has 0 unspecified atom stereocenters. The Kier molecular flexibility index (Phi) is 5.61. The van der Waals surface area contributed by atoms with E-state index in [2.05, 4.69) is 21.0 Å². The first-order chi connectivity index (χ1) is 13.3. The number of likely N-dealkylation sites (tertiary alicyclic amines) is 1. The van der Waals surface area contributed by atoms with Gasteiger partial charge in [-0.15, -0.1) is 0 Å². The molecule has 0 atom stereocenters. The highest BCUT2D eigenvalue weighted by molar-refractivity contribution is 9.10. The van der Waals surface area contributed by atoms with Crippen LogP contribution in [0.15, 0.2) is 22.8 Å². The van der Waals surface area contributed by atoms with E-state index in [0.717, 1.165) is 12.1 Å². The average molecular weight is 480 g/mol. The number of benzene rings is 1. The van der Waals surface area contributed by atoms with Gasteiger partial charge in [0.1, 0.15) is 15.9 Å². The topological polar surface area (TPSA) is 47.4 Å². The maximum absolute atomic E-state index is 15.4. The van der Waals surface area contributed by atoms with Gasteiger partial charge in [-0.1, -0.05) is 0 Å². The predicted octanol–water partition coefficient (Wildman–Crippen LogP) is 5.56. The van der Waals surface area contributed by atoms with Gasteiger partial charge in [-0.25, -0.2) is 9.18 Å². The molecule has 1 fully saturated rings. The number of rotatable bonds is 2. The Morgan fingerprint density at radius 2 is 1.86 bits per heavy atom. The second-order valence-corrected chi connectivity index (χ2v) is 9.05. The number of alkyl halides is 4. The van der Waals surface area contributed by atoms with Crippen LogP contribution in [-0.4, -0.2) is 45.1 Å². The molecule has 0 bridgehead atoms. The summed E-state index contributed by atoms with van der Waals surface area (Å²) in [7, 11) is 0. The van der Waals surface area contributed by atoms with Crippen LogP contribution in [0.25, 0.3) is 10.9 Å². The molecule has 1 saturated heterocycles. The van der Waals surface area contributed by atoms with Crippen LogP contribution >= 0.6 is 15.9 Å². The largest absolute Gasteiger partial charge is 0.444 e. The van der Waals surface area contributed by atoms with Gasteiger partial charge in [-0.3, -0.25) is 4.68 Å². The quantitative estimate of drug-likeness (QED) is 0.530. The molecule has 1 aromatic heterocycles. The number of ether oxygens (including phenoxy) is 1. The molecule has 0 radical (unpaired) electrons. The van der Waals surface area contributed by atoms with Crippen molar-refractivity contribution in [2.45, 2.75) is 57.6 Å². The molecule has 1 amide bonds. The molecule has 1 aliphatic rings. The van der Waals surface area contributed by atoms with Crippen molar-refractivity contribution in [1.82, 2.24) is 14.7 Å². The number of fused-ring (bicyclic) bond motifs is 1. The maximum Gasteiger partial charge on any atom is 0.416 e. The fourth-order valence-electron chi connectivity index (χ4n) is 3.27. The number of amides is 1. The summed E-state index contributed by atoms with van der Waals surface area (Å²) in [5.74, 6) is 0. The fourth-order valence-corrected chi connectivity index (χ4v) is 3.80. The van der Waals surface area contributed by atoms with Crippen molar-refractivity contribution in [3.05, 3.63) is 28.4 Å². The van der Waals surface area contributed by atoms with E-state index in [1.54, 1.807) is 20.8 Å². The Balaban J connectivity index is 1.76. The van der Waals surface area contributed by atoms with Gasteiger partial charge in [0.15, 0.2) is 0 Å². The second-order valence-electron chi connectivity index (χ2n) is 8.30. The third kappa shape index (κ3) is 5.02. The zero-order valence-corrected chi connectivity index (χ0v) is 17.9. The minimum absolute atomic E-state index is 0.0458. The van der Waals surface area contributed by atoms with Gasteiger partial charge >= 0.3 is 12.3 Å². The van der Waals surface area contributed by atoms with Crippen molar-refractivity contribution in [3.63, 3.8) is 0 Å². The average Bonchev–Trinajstić information content (AvgIpc) is 2.88. The van der Waals surface area contributed by atoms with E-state index in [1.807, 2.05) is 0 Å². The van der Waals surface area contributed by atoms with Gasteiger partial charge in [-0.2, -0.15) is 18.3 Å². The molecule has 0 aliphatic carbocycles. The summed E-state index contributed by atoms with van der Waals surface area (Å²) in [6.45, 7) is 5.40. The summed E-state index contributed by atoms with van der Waals surface area (Å²) in [6.07, 6.45) is -4.90. The van der Waals surface area contributed by atoms with Crippen molar-refractivity contribution < 1.29 is 27.1 Å². The number of hydrogen-bond acceptors (Lipinski definition) is 3. The smallest absolute Gasteiger partial charge is 0.416 e. The van der Waals surface area contributed by atoms with Crippen molar-refractivity contribution in [3.8, 4) is 0 Å². The van der Waals surface area contributed by atoms with Crippen LogP contribution in [0.4, 0.5) is 22.4 Å². The number of aromatic nitrogens is 2. The molecular formula is C19H22BrF4N3O2. The minimum Gasteiger partial charge on any atom is -0.444 e. The van der Waals surface area contributed by atoms with Gasteiger partial charge in [-0.05, 0) is 54.9 Å². The Labute approximate surface area is 174 Å². The van der Waals surface area contributed by atoms with Gasteiger partial charge < -0.3 is 9.64 Å². The van der Waals surface area contributed by atoms with Crippen molar-refractivity contribution in [2.75, 3.05) is 13.1 Å². The standard InChI is InChI=1S/C19H22BrF4N3O2/c1-17(2,3)29-16(28)26-8-6-18(21,7-9-26)11-27-14-10-12(19(22,23)24)4-5-13(14)15(20)25-27/h4-5,10H,6-9,11H2,1-3H3. The molecule has 29 heavy (non-hydrogen) atoms. The normalized spacial score (nSPS) is 17.6. The molecule has 0 N–H and O–H groups in total. The lowest BCUT2D eigenvalue weighted by molar-refractivity contribution is -0.137. The summed E-state index contributed by atoms with van der Waals surface area (Å²) in [5.41, 5.74) is -2.94.